The molecule has 5 heterocycles. The highest BCUT2D eigenvalue weighted by Crippen LogP contribution is 2.23. The Morgan fingerprint density at radius 2 is 2.11 bits per heavy atom. The van der Waals surface area contributed by atoms with E-state index in [1.165, 1.54) is 22.3 Å². The number of amides is 1. The number of hydrogen-bond acceptors (Lipinski definition) is 8. The van der Waals surface area contributed by atoms with E-state index in [1.54, 1.807) is 41.4 Å². The second kappa shape index (κ2) is 6.46. The molecule has 5 aromatic rings. The maximum absolute atomic E-state index is 12.5. The van der Waals surface area contributed by atoms with Crippen LogP contribution in [0.1, 0.15) is 4.88 Å². The van der Waals surface area contributed by atoms with E-state index in [0.717, 1.165) is 9.88 Å². The van der Waals surface area contributed by atoms with Crippen LogP contribution in [0.5, 0.6) is 0 Å². The van der Waals surface area contributed by atoms with Crippen molar-refractivity contribution < 1.29 is 4.79 Å². The number of pyridine rings is 1. The second-order valence-electron chi connectivity index (χ2n) is 6.07. The first kappa shape index (κ1) is 16.4. The zero-order valence-electron chi connectivity index (χ0n) is 14.6. The van der Waals surface area contributed by atoms with Crippen LogP contribution in [-0.4, -0.2) is 45.2 Å². The summed E-state index contributed by atoms with van der Waals surface area (Å²) in [4.78, 5) is 31.0. The van der Waals surface area contributed by atoms with Crippen LogP contribution in [0.15, 0.2) is 43.2 Å². The van der Waals surface area contributed by atoms with Gasteiger partial charge in [0.1, 0.15) is 29.1 Å². The van der Waals surface area contributed by atoms with Crippen molar-refractivity contribution in [2.24, 2.45) is 0 Å². The molecule has 5 aromatic heterocycles. The number of thiazole rings is 1. The highest BCUT2D eigenvalue weighted by Gasteiger charge is 2.13. The van der Waals surface area contributed by atoms with Crippen LogP contribution in [0, 0.1) is 6.92 Å². The van der Waals surface area contributed by atoms with Gasteiger partial charge in [0.2, 0.25) is 5.91 Å². The number of nitrogens with zero attached hydrogens (tertiary/aromatic N) is 8. The first-order valence-electron chi connectivity index (χ1n) is 8.36. The van der Waals surface area contributed by atoms with E-state index in [4.69, 9.17) is 0 Å². The fourth-order valence-electron chi connectivity index (χ4n) is 2.77. The number of aryl methyl sites for hydroxylation is 1. The van der Waals surface area contributed by atoms with Crippen LogP contribution in [-0.2, 0) is 11.3 Å². The van der Waals surface area contributed by atoms with Gasteiger partial charge in [-0.15, -0.1) is 11.3 Å². The average Bonchev–Trinajstić information content (AvgIpc) is 3.41. The lowest BCUT2D eigenvalue weighted by Crippen LogP contribution is -2.19. The van der Waals surface area contributed by atoms with E-state index < -0.39 is 0 Å². The molecule has 28 heavy (non-hydrogen) atoms. The van der Waals surface area contributed by atoms with Crippen LogP contribution in [0.4, 0.5) is 5.69 Å². The summed E-state index contributed by atoms with van der Waals surface area (Å²) in [5.74, 6) is -0.230. The van der Waals surface area contributed by atoms with Crippen molar-refractivity contribution in [3.8, 4) is 10.7 Å². The predicted octanol–water partition coefficient (Wildman–Crippen LogP) is 1.94. The average molecular weight is 391 g/mol. The summed E-state index contributed by atoms with van der Waals surface area (Å²) < 4.78 is 3.14. The lowest BCUT2D eigenvalue weighted by atomic mass is 10.4. The summed E-state index contributed by atoms with van der Waals surface area (Å²) in [6.07, 6.45) is 8.24. The Kier molecular flexibility index (Phi) is 3.79. The summed E-state index contributed by atoms with van der Waals surface area (Å²) >= 11 is 1.54. The number of aromatic nitrogens is 8. The molecule has 0 aliphatic heterocycles. The molecule has 1 amide bonds. The normalized spacial score (nSPS) is 11.3. The Balaban J connectivity index is 1.40. The molecule has 0 spiro atoms. The van der Waals surface area contributed by atoms with Gasteiger partial charge in [-0.2, -0.15) is 10.2 Å². The van der Waals surface area contributed by atoms with Gasteiger partial charge in [-0.3, -0.25) is 4.79 Å². The summed E-state index contributed by atoms with van der Waals surface area (Å²) in [5, 5.41) is 11.9. The predicted molar refractivity (Wildman–Crippen MR) is 103 cm³/mol. The zero-order chi connectivity index (χ0) is 19.1. The molecule has 0 saturated heterocycles. The van der Waals surface area contributed by atoms with Gasteiger partial charge in [0.05, 0.1) is 12.4 Å². The summed E-state index contributed by atoms with van der Waals surface area (Å²) in [6.45, 7) is 2.00. The highest BCUT2D eigenvalue weighted by atomic mass is 32.1. The topological polar surface area (TPSA) is 116 Å². The molecule has 0 fully saturated rings. The second-order valence-corrected chi connectivity index (χ2v) is 7.30. The fourth-order valence-corrected chi connectivity index (χ4v) is 3.49. The van der Waals surface area contributed by atoms with Crippen LogP contribution in [0.2, 0.25) is 0 Å². The molecule has 1 N–H and O–H groups in total. The van der Waals surface area contributed by atoms with Crippen molar-refractivity contribution in [1.29, 1.82) is 0 Å². The quantitative estimate of drug-likeness (QED) is 0.498. The number of nitrogens with one attached hydrogen (secondary N) is 1. The van der Waals surface area contributed by atoms with Crippen molar-refractivity contribution in [2.45, 2.75) is 13.5 Å². The molecular formula is C17H13N9OS. The standard InChI is InChI=1S/C17H13N9OS/c1-10-5-19-17(28-10)13-6-18-12-7-21-26(16(12)24-13)8-15(27)23-11-2-3-25-14(4-11)20-9-22-25/h2-7,9H,8H2,1H3,(H,23,27). The number of anilines is 1. The Bertz CT molecular complexity index is 1320. The molecule has 5 rings (SSSR count). The molecule has 11 heteroatoms. The number of fused-ring (bicyclic) bond motifs is 2. The van der Waals surface area contributed by atoms with E-state index in [2.05, 4.69) is 35.5 Å². The summed E-state index contributed by atoms with van der Waals surface area (Å²) in [5.41, 5.74) is 3.09. The third kappa shape index (κ3) is 2.97. The number of hydrogen-bond donors (Lipinski definition) is 1. The third-order valence-corrected chi connectivity index (χ3v) is 4.98. The van der Waals surface area contributed by atoms with E-state index >= 15 is 0 Å². The van der Waals surface area contributed by atoms with Crippen molar-refractivity contribution in [3.05, 3.63) is 48.1 Å². The molecule has 0 saturated carbocycles. The summed E-state index contributed by atoms with van der Waals surface area (Å²) in [6, 6.07) is 3.50. The number of carbonyl (C=O) groups excluding carboxylic acids is 1. The van der Waals surface area contributed by atoms with E-state index in [9.17, 15) is 4.79 Å². The van der Waals surface area contributed by atoms with Gasteiger partial charge in [0, 0.05) is 29.0 Å². The van der Waals surface area contributed by atoms with Crippen molar-refractivity contribution in [2.75, 3.05) is 5.32 Å². The molecule has 10 nitrogen and oxygen atoms in total. The Labute approximate surface area is 161 Å². The molecule has 0 bridgehead atoms. The van der Waals surface area contributed by atoms with Crippen LogP contribution in [0.3, 0.4) is 0 Å². The van der Waals surface area contributed by atoms with Gasteiger partial charge in [0.15, 0.2) is 11.3 Å². The van der Waals surface area contributed by atoms with Crippen LogP contribution in [0.25, 0.3) is 27.5 Å². The maximum atomic E-state index is 12.5. The minimum Gasteiger partial charge on any atom is -0.324 e. The molecule has 0 aliphatic carbocycles. The van der Waals surface area contributed by atoms with Crippen molar-refractivity contribution >= 4 is 39.7 Å². The lowest BCUT2D eigenvalue weighted by molar-refractivity contribution is -0.116. The van der Waals surface area contributed by atoms with Gasteiger partial charge >= 0.3 is 0 Å². The molecule has 0 aromatic carbocycles. The third-order valence-electron chi connectivity index (χ3n) is 4.04. The zero-order valence-corrected chi connectivity index (χ0v) is 15.5. The summed E-state index contributed by atoms with van der Waals surface area (Å²) in [7, 11) is 0. The van der Waals surface area contributed by atoms with Crippen molar-refractivity contribution in [3.63, 3.8) is 0 Å². The molecule has 0 atom stereocenters. The SMILES string of the molecule is Cc1cnc(-c2cnc3cnn(CC(=O)Nc4ccn5ncnc5c4)c3n2)s1. The van der Waals surface area contributed by atoms with E-state index in [1.807, 2.05) is 6.92 Å². The molecular weight excluding hydrogens is 378 g/mol. The molecule has 0 radical (unpaired) electrons. The largest absolute Gasteiger partial charge is 0.324 e. The fraction of sp³-hybridized carbons (Fsp3) is 0.118. The van der Waals surface area contributed by atoms with Gasteiger partial charge in [-0.05, 0) is 13.0 Å². The number of rotatable bonds is 4. The van der Waals surface area contributed by atoms with E-state index in [-0.39, 0.29) is 12.5 Å². The lowest BCUT2D eigenvalue weighted by Gasteiger charge is -2.06. The minimum atomic E-state index is -0.230. The molecule has 0 aliphatic rings. The Morgan fingerprint density at radius 1 is 1.18 bits per heavy atom. The Morgan fingerprint density at radius 3 is 2.96 bits per heavy atom. The van der Waals surface area contributed by atoms with Gasteiger partial charge in [-0.1, -0.05) is 0 Å². The minimum absolute atomic E-state index is 0.0103. The van der Waals surface area contributed by atoms with Crippen LogP contribution < -0.4 is 5.32 Å². The van der Waals surface area contributed by atoms with Gasteiger partial charge < -0.3 is 5.32 Å². The van der Waals surface area contributed by atoms with Crippen LogP contribution >= 0.6 is 11.3 Å². The monoisotopic (exact) mass is 391 g/mol. The first-order valence-corrected chi connectivity index (χ1v) is 9.18. The van der Waals surface area contributed by atoms with E-state index in [0.29, 0.717) is 28.2 Å². The smallest absolute Gasteiger partial charge is 0.246 e. The first-order chi connectivity index (χ1) is 13.7. The highest BCUT2D eigenvalue weighted by molar-refractivity contribution is 7.14. The number of carbonyl (C=O) groups is 1. The molecule has 0 unspecified atom stereocenters. The van der Waals surface area contributed by atoms with Crippen molar-refractivity contribution in [1.82, 2.24) is 39.3 Å². The van der Waals surface area contributed by atoms with Gasteiger partial charge in [0.25, 0.3) is 0 Å². The molecule has 138 valence electrons. The van der Waals surface area contributed by atoms with Gasteiger partial charge in [-0.25, -0.2) is 29.1 Å². The maximum Gasteiger partial charge on any atom is 0.246 e. The Hall–Kier alpha value is -3.73.